The highest BCUT2D eigenvalue weighted by Gasteiger charge is 2.51. The Morgan fingerprint density at radius 2 is 1.85 bits per heavy atom. The summed E-state index contributed by atoms with van der Waals surface area (Å²) in [5.41, 5.74) is 0. The van der Waals surface area contributed by atoms with E-state index in [1.165, 1.54) is 0 Å². The minimum absolute atomic E-state index is 0.127. The molecule has 0 spiro atoms. The lowest BCUT2D eigenvalue weighted by Crippen LogP contribution is -2.38. The number of rotatable bonds is 1. The first-order valence-electron chi connectivity index (χ1n) is 4.73. The third-order valence-corrected chi connectivity index (χ3v) is 3.53. The summed E-state index contributed by atoms with van der Waals surface area (Å²) >= 11 is 0. The van der Waals surface area contributed by atoms with Crippen LogP contribution in [-0.2, 0) is 0 Å². The molecule has 0 saturated heterocycles. The van der Waals surface area contributed by atoms with E-state index in [4.69, 9.17) is 5.11 Å². The van der Waals surface area contributed by atoms with E-state index in [0.717, 1.165) is 19.3 Å². The summed E-state index contributed by atoms with van der Waals surface area (Å²) in [4.78, 5) is 0. The summed E-state index contributed by atoms with van der Waals surface area (Å²) < 4.78 is 36.5. The smallest absolute Gasteiger partial charge is 0.383 e. The normalized spacial score (nSPS) is 41.1. The molecule has 3 unspecified atom stereocenters. The molecular formula is C9H13F3O. The van der Waals surface area contributed by atoms with E-state index in [1.807, 2.05) is 0 Å². The second-order valence-corrected chi connectivity index (χ2v) is 4.33. The lowest BCUT2D eigenvalue weighted by atomic mass is 9.84. The molecule has 1 N–H and O–H groups in total. The molecule has 2 aliphatic rings. The molecule has 2 aliphatic carbocycles. The maximum Gasteiger partial charge on any atom is 0.414 e. The minimum atomic E-state index is -4.42. The van der Waals surface area contributed by atoms with Gasteiger partial charge in [-0.15, -0.1) is 0 Å². The fraction of sp³-hybridized carbons (Fsp3) is 1.00. The van der Waals surface area contributed by atoms with E-state index in [-0.39, 0.29) is 5.92 Å². The van der Waals surface area contributed by atoms with Gasteiger partial charge in [0, 0.05) is 0 Å². The van der Waals surface area contributed by atoms with Gasteiger partial charge in [0.1, 0.15) is 0 Å². The molecule has 4 atom stereocenters. The summed E-state index contributed by atoms with van der Waals surface area (Å²) in [6.07, 6.45) is -3.09. The molecule has 0 aliphatic heterocycles. The van der Waals surface area contributed by atoms with Gasteiger partial charge in [-0.1, -0.05) is 6.42 Å². The van der Waals surface area contributed by atoms with Gasteiger partial charge in [0.2, 0.25) is 0 Å². The number of aliphatic hydroxyl groups excluding tert-OH is 1. The average Bonchev–Trinajstić information content (AvgIpc) is 2.60. The molecular weight excluding hydrogens is 181 g/mol. The van der Waals surface area contributed by atoms with Gasteiger partial charge in [0.25, 0.3) is 0 Å². The number of hydrogen-bond acceptors (Lipinski definition) is 1. The van der Waals surface area contributed by atoms with Gasteiger partial charge in [-0.2, -0.15) is 13.2 Å². The zero-order chi connectivity index (χ0) is 9.64. The molecule has 0 heterocycles. The fourth-order valence-electron chi connectivity index (χ4n) is 2.92. The van der Waals surface area contributed by atoms with E-state index in [2.05, 4.69) is 0 Å². The Balaban J connectivity index is 2.02. The molecule has 2 rings (SSSR count). The van der Waals surface area contributed by atoms with Gasteiger partial charge < -0.3 is 5.11 Å². The number of hydrogen-bond donors (Lipinski definition) is 1. The zero-order valence-electron chi connectivity index (χ0n) is 7.22. The first kappa shape index (κ1) is 9.31. The van der Waals surface area contributed by atoms with E-state index < -0.39 is 18.2 Å². The fourth-order valence-corrected chi connectivity index (χ4v) is 2.92. The SMILES string of the molecule is O[C@@H](C1CC2CCC1C2)C(F)(F)F. The Morgan fingerprint density at radius 3 is 2.23 bits per heavy atom. The van der Waals surface area contributed by atoms with Crippen LogP contribution in [0.15, 0.2) is 0 Å². The highest BCUT2D eigenvalue weighted by molar-refractivity contribution is 4.94. The maximum atomic E-state index is 12.2. The molecule has 76 valence electrons. The number of aliphatic hydroxyl groups is 1. The van der Waals surface area contributed by atoms with Crippen molar-refractivity contribution < 1.29 is 18.3 Å². The second-order valence-electron chi connectivity index (χ2n) is 4.33. The molecule has 13 heavy (non-hydrogen) atoms. The van der Waals surface area contributed by atoms with Crippen LogP contribution in [0.4, 0.5) is 13.2 Å². The molecule has 4 heteroatoms. The Hall–Kier alpha value is -0.250. The molecule has 0 aromatic carbocycles. The van der Waals surface area contributed by atoms with Crippen LogP contribution in [-0.4, -0.2) is 17.4 Å². The van der Waals surface area contributed by atoms with Gasteiger partial charge in [-0.3, -0.25) is 0 Å². The highest BCUT2D eigenvalue weighted by atomic mass is 19.4. The topological polar surface area (TPSA) is 20.2 Å². The van der Waals surface area contributed by atoms with E-state index >= 15 is 0 Å². The Morgan fingerprint density at radius 1 is 1.15 bits per heavy atom. The van der Waals surface area contributed by atoms with Crippen LogP contribution >= 0.6 is 0 Å². The lowest BCUT2D eigenvalue weighted by molar-refractivity contribution is -0.224. The van der Waals surface area contributed by atoms with Gasteiger partial charge in [0.05, 0.1) is 0 Å². The van der Waals surface area contributed by atoms with Crippen molar-refractivity contribution in [2.75, 3.05) is 0 Å². The third kappa shape index (κ3) is 1.56. The summed E-state index contributed by atoms with van der Waals surface area (Å²) in [6, 6.07) is 0. The van der Waals surface area contributed by atoms with Crippen molar-refractivity contribution in [3.63, 3.8) is 0 Å². The van der Waals surface area contributed by atoms with Crippen molar-refractivity contribution in [1.82, 2.24) is 0 Å². The van der Waals surface area contributed by atoms with E-state index in [1.54, 1.807) is 0 Å². The molecule has 2 fully saturated rings. The maximum absolute atomic E-state index is 12.2. The predicted molar refractivity (Wildman–Crippen MR) is 41.0 cm³/mol. The molecule has 0 radical (unpaired) electrons. The standard InChI is InChI=1S/C9H13F3O/c10-9(11,12)8(13)7-4-5-1-2-6(7)3-5/h5-8,13H,1-4H2/t5?,6?,7?,8-/m0/s1. The predicted octanol–water partition coefficient (Wildman–Crippen LogP) is 2.35. The van der Waals surface area contributed by atoms with Crippen LogP contribution < -0.4 is 0 Å². The van der Waals surface area contributed by atoms with Crippen molar-refractivity contribution in [2.45, 2.75) is 38.0 Å². The molecule has 0 aromatic heterocycles. The van der Waals surface area contributed by atoms with E-state index in [9.17, 15) is 13.2 Å². The summed E-state index contributed by atoms with van der Waals surface area (Å²) in [5, 5.41) is 9.08. The Kier molecular flexibility index (Phi) is 2.06. The first-order chi connectivity index (χ1) is 5.98. The largest absolute Gasteiger partial charge is 0.414 e. The van der Waals surface area contributed by atoms with Gasteiger partial charge in [-0.05, 0) is 37.0 Å². The van der Waals surface area contributed by atoms with Crippen molar-refractivity contribution in [1.29, 1.82) is 0 Å². The van der Waals surface area contributed by atoms with Crippen molar-refractivity contribution in [3.8, 4) is 0 Å². The van der Waals surface area contributed by atoms with Gasteiger partial charge in [-0.25, -0.2) is 0 Å². The van der Waals surface area contributed by atoms with E-state index in [0.29, 0.717) is 12.3 Å². The summed E-state index contributed by atoms with van der Waals surface area (Å²) in [6.45, 7) is 0. The van der Waals surface area contributed by atoms with Crippen molar-refractivity contribution in [3.05, 3.63) is 0 Å². The van der Waals surface area contributed by atoms with Crippen LogP contribution in [0.1, 0.15) is 25.7 Å². The van der Waals surface area contributed by atoms with Crippen LogP contribution in [0.2, 0.25) is 0 Å². The van der Waals surface area contributed by atoms with Crippen LogP contribution in [0, 0.1) is 17.8 Å². The Bertz CT molecular complexity index is 202. The summed E-state index contributed by atoms with van der Waals surface area (Å²) in [7, 11) is 0. The molecule has 2 saturated carbocycles. The summed E-state index contributed by atoms with van der Waals surface area (Å²) in [5.74, 6) is 0.0624. The number of alkyl halides is 3. The van der Waals surface area contributed by atoms with Crippen molar-refractivity contribution in [2.24, 2.45) is 17.8 Å². The highest BCUT2D eigenvalue weighted by Crippen LogP contribution is 2.51. The second kappa shape index (κ2) is 2.87. The monoisotopic (exact) mass is 194 g/mol. The lowest BCUT2D eigenvalue weighted by Gasteiger charge is -2.27. The minimum Gasteiger partial charge on any atom is -0.383 e. The first-order valence-corrected chi connectivity index (χ1v) is 4.73. The van der Waals surface area contributed by atoms with Gasteiger partial charge in [0.15, 0.2) is 6.10 Å². The zero-order valence-corrected chi connectivity index (χ0v) is 7.22. The van der Waals surface area contributed by atoms with Crippen LogP contribution in [0.3, 0.4) is 0 Å². The quantitative estimate of drug-likeness (QED) is 0.679. The molecule has 0 amide bonds. The molecule has 1 nitrogen and oxygen atoms in total. The van der Waals surface area contributed by atoms with Crippen LogP contribution in [0.25, 0.3) is 0 Å². The van der Waals surface area contributed by atoms with Gasteiger partial charge >= 0.3 is 6.18 Å². The van der Waals surface area contributed by atoms with Crippen molar-refractivity contribution >= 4 is 0 Å². The third-order valence-electron chi connectivity index (χ3n) is 3.53. The Labute approximate surface area is 74.9 Å². The number of halogens is 3. The molecule has 0 aromatic rings. The van der Waals surface area contributed by atoms with Crippen LogP contribution in [0.5, 0.6) is 0 Å². The molecule has 2 bridgehead atoms. The number of fused-ring (bicyclic) bond motifs is 2. The average molecular weight is 194 g/mol.